The van der Waals surface area contributed by atoms with E-state index < -0.39 is 0 Å². The summed E-state index contributed by atoms with van der Waals surface area (Å²) in [5, 5.41) is 13.8. The molecule has 2 heterocycles. The summed E-state index contributed by atoms with van der Waals surface area (Å²) < 4.78 is 5.76. The molecule has 0 fully saturated rings. The van der Waals surface area contributed by atoms with Crippen LogP contribution in [-0.2, 0) is 0 Å². The van der Waals surface area contributed by atoms with Crippen LogP contribution in [-0.4, -0.2) is 25.3 Å². The molecule has 7 heteroatoms. The lowest BCUT2D eigenvalue weighted by Gasteiger charge is -2.14. The van der Waals surface area contributed by atoms with Crippen molar-refractivity contribution in [3.63, 3.8) is 0 Å². The highest BCUT2D eigenvalue weighted by Crippen LogP contribution is 2.26. The topological polar surface area (TPSA) is 72.7 Å². The van der Waals surface area contributed by atoms with E-state index >= 15 is 0 Å². The Morgan fingerprint density at radius 3 is 2.70 bits per heavy atom. The van der Waals surface area contributed by atoms with Gasteiger partial charge in [-0.2, -0.15) is 5.10 Å². The van der Waals surface area contributed by atoms with Gasteiger partial charge in [-0.15, -0.1) is 5.10 Å². The minimum absolute atomic E-state index is 0.160. The maximum absolute atomic E-state index is 12.5. The molecule has 1 atom stereocenters. The van der Waals surface area contributed by atoms with Gasteiger partial charge in [0.25, 0.3) is 5.91 Å². The van der Waals surface area contributed by atoms with E-state index in [2.05, 4.69) is 44.3 Å². The number of hydrogen-bond acceptors (Lipinski definition) is 5. The van der Waals surface area contributed by atoms with Gasteiger partial charge in [-0.3, -0.25) is 4.79 Å². The molecular formula is C20H19N5OS. The number of nitrogens with zero attached hydrogens (tertiary/aromatic N) is 4. The van der Waals surface area contributed by atoms with Gasteiger partial charge in [-0.25, -0.2) is 4.68 Å². The van der Waals surface area contributed by atoms with E-state index in [0.29, 0.717) is 10.6 Å². The highest BCUT2D eigenvalue weighted by Gasteiger charge is 2.20. The number of carbonyl (C=O) groups excluding carboxylic acids is 1. The second-order valence-electron chi connectivity index (χ2n) is 6.48. The number of amides is 1. The maximum Gasteiger partial charge on any atom is 0.265 e. The monoisotopic (exact) mass is 377 g/mol. The van der Waals surface area contributed by atoms with E-state index in [1.807, 2.05) is 42.9 Å². The van der Waals surface area contributed by atoms with Crippen molar-refractivity contribution in [1.29, 1.82) is 0 Å². The zero-order valence-corrected chi connectivity index (χ0v) is 16.1. The third kappa shape index (κ3) is 3.10. The van der Waals surface area contributed by atoms with Crippen LogP contribution in [0.25, 0.3) is 16.5 Å². The number of carbonyl (C=O) groups is 1. The van der Waals surface area contributed by atoms with Gasteiger partial charge in [0, 0.05) is 16.6 Å². The van der Waals surface area contributed by atoms with Crippen molar-refractivity contribution < 1.29 is 4.79 Å². The lowest BCUT2D eigenvalue weighted by Crippen LogP contribution is -2.26. The summed E-state index contributed by atoms with van der Waals surface area (Å²) >= 11 is 1.11. The molecule has 1 N–H and O–H groups in total. The number of rotatable bonds is 4. The zero-order valence-electron chi connectivity index (χ0n) is 15.3. The van der Waals surface area contributed by atoms with Crippen LogP contribution in [0.15, 0.2) is 48.7 Å². The average molecular weight is 377 g/mol. The fourth-order valence-corrected chi connectivity index (χ4v) is 3.82. The molecule has 0 saturated heterocycles. The van der Waals surface area contributed by atoms with E-state index in [4.69, 9.17) is 0 Å². The molecule has 0 radical (unpaired) electrons. The molecule has 4 rings (SSSR count). The predicted molar refractivity (Wildman–Crippen MR) is 106 cm³/mol. The summed E-state index contributed by atoms with van der Waals surface area (Å²) in [6, 6.07) is 14.2. The van der Waals surface area contributed by atoms with Crippen molar-refractivity contribution in [3.05, 3.63) is 70.5 Å². The van der Waals surface area contributed by atoms with E-state index in [1.54, 1.807) is 6.92 Å². The smallest absolute Gasteiger partial charge is 0.265 e. The molecule has 1 amide bonds. The van der Waals surface area contributed by atoms with Gasteiger partial charge in [-0.05, 0) is 43.8 Å². The molecule has 0 aliphatic heterocycles. The molecule has 0 spiro atoms. The number of hydrogen-bond donors (Lipinski definition) is 1. The first kappa shape index (κ1) is 17.4. The molecule has 27 heavy (non-hydrogen) atoms. The van der Waals surface area contributed by atoms with Gasteiger partial charge < -0.3 is 5.32 Å². The Bertz CT molecular complexity index is 1130. The summed E-state index contributed by atoms with van der Waals surface area (Å²) in [7, 11) is 0. The predicted octanol–water partition coefficient (Wildman–Crippen LogP) is 3.98. The van der Waals surface area contributed by atoms with Crippen LogP contribution >= 0.6 is 11.5 Å². The normalized spacial score (nSPS) is 12.3. The van der Waals surface area contributed by atoms with Crippen molar-refractivity contribution in [1.82, 2.24) is 24.7 Å². The van der Waals surface area contributed by atoms with Crippen LogP contribution in [0.1, 0.15) is 39.6 Å². The van der Waals surface area contributed by atoms with Crippen LogP contribution in [0, 0.1) is 13.8 Å². The molecule has 0 unspecified atom stereocenters. The van der Waals surface area contributed by atoms with Crippen molar-refractivity contribution in [2.75, 3.05) is 0 Å². The Morgan fingerprint density at radius 1 is 1.15 bits per heavy atom. The summed E-state index contributed by atoms with van der Waals surface area (Å²) in [5.41, 5.74) is 3.65. The highest BCUT2D eigenvalue weighted by molar-refractivity contribution is 7.08. The zero-order chi connectivity index (χ0) is 19.0. The van der Waals surface area contributed by atoms with Crippen LogP contribution in [0.3, 0.4) is 0 Å². The summed E-state index contributed by atoms with van der Waals surface area (Å²) in [6.07, 6.45) is 1.82. The second kappa shape index (κ2) is 6.92. The second-order valence-corrected chi connectivity index (χ2v) is 7.23. The molecule has 0 aliphatic carbocycles. The third-order valence-electron chi connectivity index (χ3n) is 4.71. The fourth-order valence-electron chi connectivity index (χ4n) is 3.26. The lowest BCUT2D eigenvalue weighted by atomic mass is 10.1. The first-order chi connectivity index (χ1) is 13.1. The van der Waals surface area contributed by atoms with Gasteiger partial charge in [-0.1, -0.05) is 40.9 Å². The maximum atomic E-state index is 12.5. The van der Waals surface area contributed by atoms with Gasteiger partial charge >= 0.3 is 0 Å². The Hall–Kier alpha value is -3.06. The Kier molecular flexibility index (Phi) is 4.45. The van der Waals surface area contributed by atoms with E-state index in [-0.39, 0.29) is 11.9 Å². The SMILES string of the molecule is Cc1nnsc1C(=O)N[C@@H](C)c1cnn(-c2cccc3ccccc23)c1C. The minimum Gasteiger partial charge on any atom is -0.345 e. The fraction of sp³-hybridized carbons (Fsp3) is 0.200. The average Bonchev–Trinajstić information content (AvgIpc) is 3.27. The molecule has 0 saturated carbocycles. The van der Waals surface area contributed by atoms with Gasteiger partial charge in [0.15, 0.2) is 0 Å². The molecule has 2 aromatic heterocycles. The Morgan fingerprint density at radius 2 is 1.93 bits per heavy atom. The molecule has 136 valence electrons. The highest BCUT2D eigenvalue weighted by atomic mass is 32.1. The number of aromatic nitrogens is 4. The minimum atomic E-state index is -0.178. The van der Waals surface area contributed by atoms with E-state index in [1.165, 1.54) is 5.39 Å². The van der Waals surface area contributed by atoms with Crippen molar-refractivity contribution in [2.45, 2.75) is 26.8 Å². The van der Waals surface area contributed by atoms with Crippen LogP contribution in [0.5, 0.6) is 0 Å². The number of nitrogens with one attached hydrogen (secondary N) is 1. The summed E-state index contributed by atoms with van der Waals surface area (Å²) in [6.45, 7) is 5.76. The standard InChI is InChI=1S/C20H19N5OS/c1-12(22-20(26)19-13(2)23-24-27-19)17-11-21-25(14(17)3)18-10-6-8-15-7-4-5-9-16(15)18/h4-12H,1-3H3,(H,22,26)/t12-/m0/s1. The van der Waals surface area contributed by atoms with Gasteiger partial charge in [0.1, 0.15) is 4.88 Å². The first-order valence-corrected chi connectivity index (χ1v) is 9.46. The number of fused-ring (bicyclic) bond motifs is 1. The molecular weight excluding hydrogens is 358 g/mol. The van der Waals surface area contributed by atoms with E-state index in [0.717, 1.165) is 33.9 Å². The third-order valence-corrected chi connectivity index (χ3v) is 5.54. The lowest BCUT2D eigenvalue weighted by molar-refractivity contribution is 0.0943. The van der Waals surface area contributed by atoms with E-state index in [9.17, 15) is 4.79 Å². The Labute approximate surface area is 161 Å². The summed E-state index contributed by atoms with van der Waals surface area (Å²) in [4.78, 5) is 13.0. The first-order valence-electron chi connectivity index (χ1n) is 8.68. The molecule has 2 aromatic carbocycles. The molecule has 6 nitrogen and oxygen atoms in total. The molecule has 0 aliphatic rings. The molecule has 0 bridgehead atoms. The van der Waals surface area contributed by atoms with Gasteiger partial charge in [0.2, 0.25) is 0 Å². The van der Waals surface area contributed by atoms with Crippen molar-refractivity contribution in [2.24, 2.45) is 0 Å². The molecule has 4 aromatic rings. The van der Waals surface area contributed by atoms with Crippen molar-refractivity contribution in [3.8, 4) is 5.69 Å². The van der Waals surface area contributed by atoms with Crippen LogP contribution in [0.2, 0.25) is 0 Å². The van der Waals surface area contributed by atoms with Crippen LogP contribution in [0.4, 0.5) is 0 Å². The Balaban J connectivity index is 1.66. The quantitative estimate of drug-likeness (QED) is 0.584. The van der Waals surface area contributed by atoms with Crippen molar-refractivity contribution >= 4 is 28.2 Å². The number of benzene rings is 2. The summed E-state index contributed by atoms with van der Waals surface area (Å²) in [5.74, 6) is -0.160. The van der Waals surface area contributed by atoms with Crippen LogP contribution < -0.4 is 5.32 Å². The largest absolute Gasteiger partial charge is 0.345 e. The van der Waals surface area contributed by atoms with Gasteiger partial charge in [0.05, 0.1) is 23.6 Å². The number of aryl methyl sites for hydroxylation is 1.